The zero-order valence-electron chi connectivity index (χ0n) is 14.1. The molecular formula is C17H25NO5. The molecule has 0 heterocycles. The largest absolute Gasteiger partial charge is 0.497 e. The van der Waals surface area contributed by atoms with Gasteiger partial charge in [-0.25, -0.2) is 0 Å². The lowest BCUT2D eigenvalue weighted by Gasteiger charge is -2.29. The zero-order chi connectivity index (χ0) is 17.4. The fourth-order valence-corrected chi connectivity index (χ4v) is 2.11. The zero-order valence-corrected chi connectivity index (χ0v) is 14.1. The maximum atomic E-state index is 12.4. The van der Waals surface area contributed by atoms with Gasteiger partial charge in [-0.1, -0.05) is 19.1 Å². The molecule has 1 rings (SSSR count). The Labute approximate surface area is 137 Å². The van der Waals surface area contributed by atoms with Crippen molar-refractivity contribution in [3.8, 4) is 5.75 Å². The van der Waals surface area contributed by atoms with Gasteiger partial charge in [0.2, 0.25) is 0 Å². The Morgan fingerprint density at radius 3 is 2.57 bits per heavy atom. The van der Waals surface area contributed by atoms with E-state index >= 15 is 0 Å². The number of methoxy groups -OCH3 is 1. The molecule has 0 aliphatic carbocycles. The summed E-state index contributed by atoms with van der Waals surface area (Å²) in [6, 6.07) is 7.24. The first kappa shape index (κ1) is 19.0. The van der Waals surface area contributed by atoms with Crippen LogP contribution in [0.4, 0.5) is 0 Å². The van der Waals surface area contributed by atoms with Gasteiger partial charge in [0.05, 0.1) is 13.7 Å². The Kier molecular flexibility index (Phi) is 7.54. The minimum Gasteiger partial charge on any atom is -0.497 e. The fourth-order valence-electron chi connectivity index (χ4n) is 2.11. The number of aliphatic carboxylic acids is 1. The van der Waals surface area contributed by atoms with E-state index < -0.39 is 12.1 Å². The van der Waals surface area contributed by atoms with Crippen molar-refractivity contribution in [3.63, 3.8) is 0 Å². The first-order chi connectivity index (χ1) is 10.9. The molecule has 0 aromatic heterocycles. The number of carbonyl (C=O) groups is 2. The highest BCUT2D eigenvalue weighted by Crippen LogP contribution is 2.15. The lowest BCUT2D eigenvalue weighted by atomic mass is 10.2. The van der Waals surface area contributed by atoms with E-state index in [0.717, 1.165) is 11.3 Å². The third-order valence-electron chi connectivity index (χ3n) is 3.69. The lowest BCUT2D eigenvalue weighted by Crippen LogP contribution is -2.46. The number of benzene rings is 1. The minimum atomic E-state index is -1.03. The van der Waals surface area contributed by atoms with Crippen LogP contribution >= 0.6 is 0 Å². The predicted octanol–water partition coefficient (Wildman–Crippen LogP) is 2.31. The Morgan fingerprint density at radius 2 is 2.00 bits per heavy atom. The number of carboxylic acids is 1. The average Bonchev–Trinajstić information content (AvgIpc) is 2.56. The van der Waals surface area contributed by atoms with Crippen molar-refractivity contribution in [2.75, 3.05) is 13.7 Å². The van der Waals surface area contributed by atoms with Crippen molar-refractivity contribution in [1.29, 1.82) is 0 Å². The van der Waals surface area contributed by atoms with Gasteiger partial charge in [0.25, 0.3) is 5.91 Å². The minimum absolute atomic E-state index is 0.151. The molecule has 0 aliphatic rings. The van der Waals surface area contributed by atoms with Crippen LogP contribution in [-0.2, 0) is 20.9 Å². The lowest BCUT2D eigenvalue weighted by molar-refractivity contribution is -0.152. The number of carboxylic acid groups (broad SMARTS) is 1. The number of ether oxygens (including phenoxy) is 2. The molecule has 6 heteroatoms. The van der Waals surface area contributed by atoms with Crippen molar-refractivity contribution in [2.24, 2.45) is 0 Å². The molecule has 128 valence electrons. The Hall–Kier alpha value is -2.08. The highest BCUT2D eigenvalue weighted by molar-refractivity contribution is 5.84. The number of nitrogens with zero attached hydrogens (tertiary/aromatic N) is 1. The van der Waals surface area contributed by atoms with Crippen molar-refractivity contribution in [1.82, 2.24) is 4.90 Å². The number of carbonyl (C=O) groups excluding carboxylic acids is 1. The van der Waals surface area contributed by atoms with Crippen molar-refractivity contribution >= 4 is 11.9 Å². The van der Waals surface area contributed by atoms with Crippen LogP contribution in [-0.4, -0.2) is 47.7 Å². The number of rotatable bonds is 9. The molecule has 2 atom stereocenters. The van der Waals surface area contributed by atoms with Gasteiger partial charge >= 0.3 is 5.97 Å². The predicted molar refractivity (Wildman–Crippen MR) is 86.3 cm³/mol. The summed E-state index contributed by atoms with van der Waals surface area (Å²) < 4.78 is 10.7. The summed E-state index contributed by atoms with van der Waals surface area (Å²) in [6.07, 6.45) is -0.0312. The van der Waals surface area contributed by atoms with E-state index in [-0.39, 0.29) is 25.1 Å². The van der Waals surface area contributed by atoms with Gasteiger partial charge in [0, 0.05) is 6.04 Å². The van der Waals surface area contributed by atoms with Crippen LogP contribution in [0.15, 0.2) is 24.3 Å². The molecule has 0 radical (unpaired) electrons. The van der Waals surface area contributed by atoms with Gasteiger partial charge in [-0.2, -0.15) is 0 Å². The van der Waals surface area contributed by atoms with E-state index in [4.69, 9.17) is 14.6 Å². The molecule has 0 bridgehead atoms. The van der Waals surface area contributed by atoms with Gasteiger partial charge in [-0.3, -0.25) is 9.59 Å². The van der Waals surface area contributed by atoms with Crippen LogP contribution in [0.1, 0.15) is 32.8 Å². The van der Waals surface area contributed by atoms with Crippen LogP contribution in [0.25, 0.3) is 0 Å². The number of amides is 1. The standard InChI is InChI=1S/C17H25NO5/c1-5-12(2)18(10-16(19)20)17(21)13(3)23-11-14-7-6-8-15(9-14)22-4/h6-9,12-13H,5,10-11H2,1-4H3,(H,19,20). The van der Waals surface area contributed by atoms with Crippen LogP contribution in [0.5, 0.6) is 5.75 Å². The molecule has 0 saturated heterocycles. The molecular weight excluding hydrogens is 298 g/mol. The van der Waals surface area contributed by atoms with E-state index in [1.54, 1.807) is 14.0 Å². The van der Waals surface area contributed by atoms with Gasteiger partial charge in [-0.05, 0) is 38.0 Å². The van der Waals surface area contributed by atoms with Crippen LogP contribution in [0, 0.1) is 0 Å². The molecule has 1 aromatic carbocycles. The smallest absolute Gasteiger partial charge is 0.323 e. The second-order valence-electron chi connectivity index (χ2n) is 5.42. The van der Waals surface area contributed by atoms with E-state index in [0.29, 0.717) is 6.42 Å². The highest BCUT2D eigenvalue weighted by Gasteiger charge is 2.26. The molecule has 1 N–H and O–H groups in total. The van der Waals surface area contributed by atoms with E-state index in [1.165, 1.54) is 4.90 Å². The van der Waals surface area contributed by atoms with Crippen molar-refractivity contribution < 1.29 is 24.2 Å². The van der Waals surface area contributed by atoms with Crippen molar-refractivity contribution in [2.45, 2.75) is 45.9 Å². The molecule has 0 spiro atoms. The molecule has 0 saturated carbocycles. The molecule has 1 aromatic rings. The first-order valence-electron chi connectivity index (χ1n) is 7.65. The molecule has 0 aliphatic heterocycles. The molecule has 23 heavy (non-hydrogen) atoms. The summed E-state index contributed by atoms with van der Waals surface area (Å²) in [5.41, 5.74) is 0.886. The van der Waals surface area contributed by atoms with Gasteiger partial charge < -0.3 is 19.5 Å². The summed E-state index contributed by atoms with van der Waals surface area (Å²) in [6.45, 7) is 5.32. The Bertz CT molecular complexity index is 531. The Morgan fingerprint density at radius 1 is 1.30 bits per heavy atom. The number of hydrogen-bond acceptors (Lipinski definition) is 4. The summed E-state index contributed by atoms with van der Waals surface area (Å²) in [7, 11) is 1.59. The normalized spacial score (nSPS) is 13.2. The molecule has 2 unspecified atom stereocenters. The third kappa shape index (κ3) is 5.90. The second kappa shape index (κ2) is 9.15. The maximum absolute atomic E-state index is 12.4. The quantitative estimate of drug-likeness (QED) is 0.755. The van der Waals surface area contributed by atoms with Gasteiger partial charge in [0.1, 0.15) is 18.4 Å². The van der Waals surface area contributed by atoms with Gasteiger partial charge in [0.15, 0.2) is 0 Å². The fraction of sp³-hybridized carbons (Fsp3) is 0.529. The van der Waals surface area contributed by atoms with Gasteiger partial charge in [-0.15, -0.1) is 0 Å². The van der Waals surface area contributed by atoms with E-state index in [1.807, 2.05) is 38.1 Å². The van der Waals surface area contributed by atoms with Crippen LogP contribution in [0.2, 0.25) is 0 Å². The van der Waals surface area contributed by atoms with Crippen LogP contribution < -0.4 is 4.74 Å². The monoisotopic (exact) mass is 323 g/mol. The third-order valence-corrected chi connectivity index (χ3v) is 3.69. The second-order valence-corrected chi connectivity index (χ2v) is 5.42. The first-order valence-corrected chi connectivity index (χ1v) is 7.65. The number of hydrogen-bond donors (Lipinski definition) is 1. The topological polar surface area (TPSA) is 76.1 Å². The highest BCUT2D eigenvalue weighted by atomic mass is 16.5. The molecule has 0 fully saturated rings. The maximum Gasteiger partial charge on any atom is 0.323 e. The summed E-state index contributed by atoms with van der Waals surface area (Å²) in [4.78, 5) is 24.7. The van der Waals surface area contributed by atoms with Crippen molar-refractivity contribution in [3.05, 3.63) is 29.8 Å². The van der Waals surface area contributed by atoms with E-state index in [2.05, 4.69) is 0 Å². The average molecular weight is 323 g/mol. The molecule has 1 amide bonds. The van der Waals surface area contributed by atoms with Crippen LogP contribution in [0.3, 0.4) is 0 Å². The Balaban J connectivity index is 2.68. The molecule has 6 nitrogen and oxygen atoms in total. The summed E-state index contributed by atoms with van der Waals surface area (Å²) in [5.74, 6) is -0.625. The SMILES string of the molecule is CCC(C)N(CC(=O)O)C(=O)C(C)OCc1cccc(OC)c1. The summed E-state index contributed by atoms with van der Waals surface area (Å²) in [5, 5.41) is 8.98. The van der Waals surface area contributed by atoms with E-state index in [9.17, 15) is 9.59 Å². The summed E-state index contributed by atoms with van der Waals surface area (Å²) >= 11 is 0.